The van der Waals surface area contributed by atoms with Gasteiger partial charge in [-0.3, -0.25) is 0 Å². The summed E-state index contributed by atoms with van der Waals surface area (Å²) in [7, 11) is 0. The van der Waals surface area contributed by atoms with Crippen molar-refractivity contribution in [2.75, 3.05) is 13.1 Å². The zero-order chi connectivity index (χ0) is 12.7. The van der Waals surface area contributed by atoms with Gasteiger partial charge in [-0.2, -0.15) is 4.99 Å². The zero-order valence-electron chi connectivity index (χ0n) is 10.9. The first-order valence-electron chi connectivity index (χ1n) is 6.97. The average Bonchev–Trinajstić information content (AvgIpc) is 3.06. The van der Waals surface area contributed by atoms with Gasteiger partial charge in [0, 0.05) is 24.8 Å². The van der Waals surface area contributed by atoms with Crippen LogP contribution in [0.1, 0.15) is 30.5 Å². The van der Waals surface area contributed by atoms with E-state index in [4.69, 9.17) is 9.41 Å². The highest BCUT2D eigenvalue weighted by Crippen LogP contribution is 2.28. The molecule has 0 aliphatic carbocycles. The molecule has 0 radical (unpaired) electrons. The lowest BCUT2D eigenvalue weighted by atomic mass is 10.1. The predicted molar refractivity (Wildman–Crippen MR) is 73.9 cm³/mol. The van der Waals surface area contributed by atoms with Crippen LogP contribution in [0.15, 0.2) is 40.1 Å². The van der Waals surface area contributed by atoms with Crippen LogP contribution in [0.4, 0.5) is 5.88 Å². The van der Waals surface area contributed by atoms with Gasteiger partial charge in [-0.1, -0.05) is 0 Å². The molecule has 98 valence electrons. The third kappa shape index (κ3) is 1.79. The average molecular weight is 255 g/mol. The summed E-state index contributed by atoms with van der Waals surface area (Å²) in [6.45, 7) is 3.04. The van der Waals surface area contributed by atoms with E-state index in [-0.39, 0.29) is 0 Å². The maximum absolute atomic E-state index is 5.53. The van der Waals surface area contributed by atoms with E-state index in [0.717, 1.165) is 36.9 Å². The van der Waals surface area contributed by atoms with Crippen molar-refractivity contribution in [3.05, 3.63) is 41.9 Å². The molecule has 4 heteroatoms. The van der Waals surface area contributed by atoms with Gasteiger partial charge in [-0.25, -0.2) is 0 Å². The normalized spacial score (nSPS) is 18.5. The first-order valence-corrected chi connectivity index (χ1v) is 6.97. The summed E-state index contributed by atoms with van der Waals surface area (Å²) in [6, 6.07) is 6.26. The summed E-state index contributed by atoms with van der Waals surface area (Å²) in [4.78, 5) is 7.19. The van der Waals surface area contributed by atoms with Crippen molar-refractivity contribution < 1.29 is 4.42 Å². The van der Waals surface area contributed by atoms with Crippen molar-refractivity contribution in [3.63, 3.8) is 0 Å². The highest BCUT2D eigenvalue weighted by molar-refractivity contribution is 5.99. The maximum atomic E-state index is 5.53. The summed E-state index contributed by atoms with van der Waals surface area (Å²) in [6.07, 6.45) is 7.69. The Labute approximate surface area is 112 Å². The zero-order valence-corrected chi connectivity index (χ0v) is 10.9. The van der Waals surface area contributed by atoms with E-state index < -0.39 is 0 Å². The van der Waals surface area contributed by atoms with E-state index >= 15 is 0 Å². The molecule has 2 aliphatic rings. The number of hydrogen-bond donors (Lipinski definition) is 0. The van der Waals surface area contributed by atoms with Gasteiger partial charge in [-0.15, -0.1) is 0 Å². The van der Waals surface area contributed by atoms with Gasteiger partial charge in [-0.05, 0) is 37.5 Å². The van der Waals surface area contributed by atoms with Crippen LogP contribution in [-0.4, -0.2) is 28.4 Å². The van der Waals surface area contributed by atoms with Crippen molar-refractivity contribution in [1.82, 2.24) is 9.47 Å². The fourth-order valence-electron chi connectivity index (χ4n) is 2.98. The summed E-state index contributed by atoms with van der Waals surface area (Å²) < 4.78 is 7.79. The minimum atomic E-state index is 0.768. The second kappa shape index (κ2) is 4.30. The van der Waals surface area contributed by atoms with Crippen LogP contribution >= 0.6 is 0 Å². The van der Waals surface area contributed by atoms with Crippen LogP contribution in [0.5, 0.6) is 0 Å². The smallest absolute Gasteiger partial charge is 0.225 e. The molecule has 1 saturated heterocycles. The molecule has 0 spiro atoms. The molecule has 2 aromatic heterocycles. The fourth-order valence-corrected chi connectivity index (χ4v) is 2.98. The highest BCUT2D eigenvalue weighted by atomic mass is 16.3. The molecule has 0 amide bonds. The van der Waals surface area contributed by atoms with Crippen LogP contribution in [0.3, 0.4) is 0 Å². The number of hydrogen-bond acceptors (Lipinski definition) is 3. The van der Waals surface area contributed by atoms with E-state index in [1.54, 1.807) is 6.26 Å². The molecule has 2 aromatic rings. The number of piperidine rings is 1. The van der Waals surface area contributed by atoms with Crippen LogP contribution in [0, 0.1) is 0 Å². The number of aliphatic imine (C=N–C) groups is 1. The number of amidine groups is 1. The first kappa shape index (κ1) is 10.9. The molecule has 0 atom stereocenters. The van der Waals surface area contributed by atoms with E-state index in [1.807, 2.05) is 6.07 Å². The van der Waals surface area contributed by atoms with Crippen molar-refractivity contribution in [2.24, 2.45) is 4.99 Å². The van der Waals surface area contributed by atoms with Crippen LogP contribution in [0.2, 0.25) is 0 Å². The van der Waals surface area contributed by atoms with Crippen LogP contribution in [0.25, 0.3) is 0 Å². The molecule has 0 N–H and O–H groups in total. The summed E-state index contributed by atoms with van der Waals surface area (Å²) in [5.74, 6) is 1.84. The molecule has 0 bridgehead atoms. The summed E-state index contributed by atoms with van der Waals surface area (Å²) in [5.41, 5.74) is 2.36. The number of furan rings is 1. The predicted octanol–water partition coefficient (Wildman–Crippen LogP) is 3.01. The largest absolute Gasteiger partial charge is 0.446 e. The van der Waals surface area contributed by atoms with Gasteiger partial charge in [0.2, 0.25) is 5.88 Å². The first-order chi connectivity index (χ1) is 9.42. The van der Waals surface area contributed by atoms with Gasteiger partial charge in [0.25, 0.3) is 0 Å². The molecule has 0 aromatic carbocycles. The topological polar surface area (TPSA) is 33.7 Å². The van der Waals surface area contributed by atoms with Gasteiger partial charge in [0.15, 0.2) is 5.84 Å². The molecule has 4 rings (SSSR count). The molecule has 19 heavy (non-hydrogen) atoms. The van der Waals surface area contributed by atoms with Gasteiger partial charge in [0.05, 0.1) is 18.5 Å². The third-order valence-corrected chi connectivity index (χ3v) is 3.99. The minimum Gasteiger partial charge on any atom is -0.446 e. The molecule has 0 unspecified atom stereocenters. The molecule has 4 nitrogen and oxygen atoms in total. The maximum Gasteiger partial charge on any atom is 0.225 e. The molecule has 1 fully saturated rings. The highest BCUT2D eigenvalue weighted by Gasteiger charge is 2.23. The number of rotatable bonds is 0. The van der Waals surface area contributed by atoms with Gasteiger partial charge >= 0.3 is 0 Å². The van der Waals surface area contributed by atoms with E-state index in [9.17, 15) is 0 Å². The second-order valence-electron chi connectivity index (χ2n) is 5.26. The number of nitrogens with zero attached hydrogens (tertiary/aromatic N) is 3. The van der Waals surface area contributed by atoms with Crippen LogP contribution < -0.4 is 0 Å². The van der Waals surface area contributed by atoms with Gasteiger partial charge < -0.3 is 13.9 Å². The van der Waals surface area contributed by atoms with Crippen molar-refractivity contribution in [1.29, 1.82) is 0 Å². The van der Waals surface area contributed by atoms with E-state index in [1.165, 1.54) is 25.0 Å². The molecule has 0 saturated carbocycles. The van der Waals surface area contributed by atoms with E-state index in [2.05, 4.69) is 27.8 Å². The summed E-state index contributed by atoms with van der Waals surface area (Å²) >= 11 is 0. The van der Waals surface area contributed by atoms with E-state index in [0.29, 0.717) is 0 Å². The monoisotopic (exact) mass is 255 g/mol. The fraction of sp³-hybridized carbons (Fsp3) is 0.400. The standard InChI is InChI=1S/C15H17N3O/c1-2-7-17(8-3-1)14-13-5-4-9-18(13)11-12-6-10-19-15(12)16-14/h4-6,9-10H,1-3,7-8,11H2. The Bertz CT molecular complexity index is 617. The van der Waals surface area contributed by atoms with Crippen molar-refractivity contribution in [3.8, 4) is 0 Å². The number of likely N-dealkylation sites (tertiary alicyclic amines) is 1. The third-order valence-electron chi connectivity index (χ3n) is 3.99. The van der Waals surface area contributed by atoms with Crippen LogP contribution in [-0.2, 0) is 6.54 Å². The Kier molecular flexibility index (Phi) is 2.47. The molecule has 4 heterocycles. The minimum absolute atomic E-state index is 0.768. The Morgan fingerprint density at radius 2 is 2.00 bits per heavy atom. The number of aromatic nitrogens is 1. The Morgan fingerprint density at radius 1 is 1.11 bits per heavy atom. The lowest BCUT2D eigenvalue weighted by Crippen LogP contribution is -2.37. The van der Waals surface area contributed by atoms with Crippen molar-refractivity contribution >= 4 is 11.7 Å². The van der Waals surface area contributed by atoms with Gasteiger partial charge in [0.1, 0.15) is 0 Å². The summed E-state index contributed by atoms with van der Waals surface area (Å²) in [5, 5.41) is 0. The van der Waals surface area contributed by atoms with Crippen molar-refractivity contribution in [2.45, 2.75) is 25.8 Å². The SMILES string of the molecule is c1cc2n(c1)Cc1ccoc1N=C2N1CCCCC1. The number of fused-ring (bicyclic) bond motifs is 2. The lowest BCUT2D eigenvalue weighted by molar-refractivity contribution is 0.341. The molecular weight excluding hydrogens is 238 g/mol. The quantitative estimate of drug-likeness (QED) is 0.725. The second-order valence-corrected chi connectivity index (χ2v) is 5.26. The Morgan fingerprint density at radius 3 is 2.89 bits per heavy atom. The molecular formula is C15H17N3O. The molecule has 2 aliphatic heterocycles. The Hall–Kier alpha value is -1.97. The Balaban J connectivity index is 1.83. The lowest BCUT2D eigenvalue weighted by Gasteiger charge is -2.29.